The summed E-state index contributed by atoms with van der Waals surface area (Å²) in [6.45, 7) is 0.346. The average Bonchev–Trinajstić information content (AvgIpc) is 2.75. The molecule has 2 rings (SSSR count). The number of carboxylic acids is 1. The van der Waals surface area contributed by atoms with E-state index in [1.807, 2.05) is 0 Å². The third-order valence-corrected chi connectivity index (χ3v) is 2.49. The van der Waals surface area contributed by atoms with Crippen LogP contribution < -0.4 is 0 Å². The molecule has 0 radical (unpaired) electrons. The summed E-state index contributed by atoms with van der Waals surface area (Å²) < 4.78 is 18.3. The predicted octanol–water partition coefficient (Wildman–Crippen LogP) is 2.16. The molecule has 0 bridgehead atoms. The van der Waals surface area contributed by atoms with Crippen molar-refractivity contribution in [2.45, 2.75) is 18.9 Å². The zero-order valence-electron chi connectivity index (χ0n) is 9.10. The molecular formula is C12H12FNO3. The molecule has 0 fully saturated rings. The van der Waals surface area contributed by atoms with Gasteiger partial charge in [-0.1, -0.05) is 12.1 Å². The Labute approximate surface area is 97.7 Å². The molecule has 1 aliphatic rings. The van der Waals surface area contributed by atoms with E-state index in [0.29, 0.717) is 12.5 Å². The molecule has 5 heteroatoms. The number of nitrogens with zero attached hydrogens (tertiary/aromatic N) is 1. The normalized spacial score (nSPS) is 18.6. The van der Waals surface area contributed by atoms with Crippen LogP contribution in [0.25, 0.3) is 0 Å². The summed E-state index contributed by atoms with van der Waals surface area (Å²) in [5.41, 5.74) is 0.746. The fourth-order valence-corrected chi connectivity index (χ4v) is 1.66. The summed E-state index contributed by atoms with van der Waals surface area (Å²) in [7, 11) is 0. The Hall–Kier alpha value is -1.91. The quantitative estimate of drug-likeness (QED) is 0.872. The minimum absolute atomic E-state index is 0.00525. The van der Waals surface area contributed by atoms with Gasteiger partial charge in [-0.25, -0.2) is 9.38 Å². The van der Waals surface area contributed by atoms with Crippen molar-refractivity contribution in [3.8, 4) is 0 Å². The molecule has 90 valence electrons. The van der Waals surface area contributed by atoms with Crippen LogP contribution in [0.5, 0.6) is 0 Å². The number of benzene rings is 1. The molecule has 0 aromatic heterocycles. The fraction of sp³-hybridized carbons (Fsp3) is 0.333. The number of aliphatic carboxylic acids is 1. The van der Waals surface area contributed by atoms with E-state index in [4.69, 9.17) is 9.84 Å². The van der Waals surface area contributed by atoms with Crippen molar-refractivity contribution in [3.63, 3.8) is 0 Å². The molecule has 1 N–H and O–H groups in total. The first kappa shape index (κ1) is 11.6. The van der Waals surface area contributed by atoms with Gasteiger partial charge >= 0.3 is 5.97 Å². The van der Waals surface area contributed by atoms with Gasteiger partial charge in [-0.3, -0.25) is 4.79 Å². The van der Waals surface area contributed by atoms with Gasteiger partial charge in [0.05, 0.1) is 6.42 Å². The summed E-state index contributed by atoms with van der Waals surface area (Å²) in [6.07, 6.45) is 0.274. The molecule has 0 saturated carbocycles. The molecule has 0 saturated heterocycles. The fourth-order valence-electron chi connectivity index (χ4n) is 1.66. The van der Waals surface area contributed by atoms with Gasteiger partial charge in [0.2, 0.25) is 0 Å². The Morgan fingerprint density at radius 1 is 1.59 bits per heavy atom. The number of carbonyl (C=O) groups is 1. The molecule has 17 heavy (non-hydrogen) atoms. The van der Waals surface area contributed by atoms with Crippen molar-refractivity contribution in [1.82, 2.24) is 0 Å². The number of carboxylic acid groups (broad SMARTS) is 1. The van der Waals surface area contributed by atoms with E-state index in [9.17, 15) is 9.18 Å². The van der Waals surface area contributed by atoms with E-state index in [0.717, 1.165) is 5.56 Å². The lowest BCUT2D eigenvalue weighted by Gasteiger charge is -2.04. The maximum Gasteiger partial charge on any atom is 0.303 e. The lowest BCUT2D eigenvalue weighted by molar-refractivity contribution is -0.136. The van der Waals surface area contributed by atoms with Crippen LogP contribution in [0.1, 0.15) is 24.4 Å². The zero-order chi connectivity index (χ0) is 12.3. The van der Waals surface area contributed by atoms with Crippen LogP contribution in [0.3, 0.4) is 0 Å². The number of rotatable bonds is 4. The molecular weight excluding hydrogens is 225 g/mol. The molecule has 1 aliphatic heterocycles. The van der Waals surface area contributed by atoms with Crippen molar-refractivity contribution in [2.24, 2.45) is 4.99 Å². The van der Waals surface area contributed by atoms with Crippen LogP contribution in [-0.4, -0.2) is 23.6 Å². The highest BCUT2D eigenvalue weighted by molar-refractivity contribution is 5.81. The number of halogens is 1. The first-order valence-electron chi connectivity index (χ1n) is 5.32. The van der Waals surface area contributed by atoms with E-state index >= 15 is 0 Å². The summed E-state index contributed by atoms with van der Waals surface area (Å²) in [5.74, 6) is -0.760. The monoisotopic (exact) mass is 237 g/mol. The molecule has 1 heterocycles. The van der Waals surface area contributed by atoms with Crippen LogP contribution in [-0.2, 0) is 9.53 Å². The lowest BCUT2D eigenvalue weighted by Crippen LogP contribution is -2.03. The van der Waals surface area contributed by atoms with Crippen molar-refractivity contribution in [1.29, 1.82) is 0 Å². The van der Waals surface area contributed by atoms with Crippen LogP contribution >= 0.6 is 0 Å². The Morgan fingerprint density at radius 3 is 3.12 bits per heavy atom. The second-order valence-corrected chi connectivity index (χ2v) is 3.80. The van der Waals surface area contributed by atoms with Gasteiger partial charge in [-0.2, -0.15) is 0 Å². The summed E-state index contributed by atoms with van der Waals surface area (Å²) >= 11 is 0. The zero-order valence-corrected chi connectivity index (χ0v) is 9.10. The maximum absolute atomic E-state index is 13.0. The largest absolute Gasteiger partial charge is 0.481 e. The Morgan fingerprint density at radius 2 is 2.41 bits per heavy atom. The van der Waals surface area contributed by atoms with Crippen LogP contribution in [0, 0.1) is 5.82 Å². The smallest absolute Gasteiger partial charge is 0.303 e. The van der Waals surface area contributed by atoms with Crippen LogP contribution in [0.4, 0.5) is 4.39 Å². The summed E-state index contributed by atoms with van der Waals surface area (Å²) in [4.78, 5) is 14.6. The maximum atomic E-state index is 13.0. The first-order valence-corrected chi connectivity index (χ1v) is 5.32. The minimum Gasteiger partial charge on any atom is -0.481 e. The second-order valence-electron chi connectivity index (χ2n) is 3.80. The second kappa shape index (κ2) is 4.95. The van der Waals surface area contributed by atoms with Crippen LogP contribution in [0.15, 0.2) is 29.3 Å². The first-order chi connectivity index (χ1) is 8.15. The highest BCUT2D eigenvalue weighted by Crippen LogP contribution is 2.24. The highest BCUT2D eigenvalue weighted by atomic mass is 19.1. The number of hydrogen-bond acceptors (Lipinski definition) is 3. The van der Waals surface area contributed by atoms with E-state index in [1.54, 1.807) is 12.1 Å². The standard InChI is InChI=1S/C12H12FNO3/c13-9-3-1-2-8(6-9)10-7-17-11(14-10)4-5-12(15)16/h1-3,6,10H,4-5,7H2,(H,15,16). The van der Waals surface area contributed by atoms with Crippen molar-refractivity contribution in [2.75, 3.05) is 6.61 Å². The highest BCUT2D eigenvalue weighted by Gasteiger charge is 2.21. The van der Waals surface area contributed by atoms with Crippen molar-refractivity contribution >= 4 is 11.9 Å². The third kappa shape index (κ3) is 3.03. The summed E-state index contributed by atoms with van der Waals surface area (Å²) in [5, 5.41) is 8.53. The number of aliphatic imine (C=N–C) groups is 1. The predicted molar refractivity (Wildman–Crippen MR) is 59.4 cm³/mol. The van der Waals surface area contributed by atoms with Crippen LogP contribution in [0.2, 0.25) is 0 Å². The lowest BCUT2D eigenvalue weighted by atomic mass is 10.1. The van der Waals surface area contributed by atoms with E-state index in [2.05, 4.69) is 4.99 Å². The van der Waals surface area contributed by atoms with Gasteiger partial charge in [-0.05, 0) is 17.7 Å². The Kier molecular flexibility index (Phi) is 3.37. The van der Waals surface area contributed by atoms with Gasteiger partial charge in [0.15, 0.2) is 5.90 Å². The Bertz CT molecular complexity index is 459. The number of hydrogen-bond donors (Lipinski definition) is 1. The van der Waals surface area contributed by atoms with Gasteiger partial charge < -0.3 is 9.84 Å². The molecule has 0 amide bonds. The molecule has 1 aromatic carbocycles. The van der Waals surface area contributed by atoms with E-state index in [-0.39, 0.29) is 24.7 Å². The third-order valence-electron chi connectivity index (χ3n) is 2.49. The SMILES string of the molecule is O=C(O)CCC1=NC(c2cccc(F)c2)CO1. The van der Waals surface area contributed by atoms with Crippen molar-refractivity contribution in [3.05, 3.63) is 35.6 Å². The molecule has 1 unspecified atom stereocenters. The van der Waals surface area contributed by atoms with Gasteiger partial charge in [0.25, 0.3) is 0 Å². The number of ether oxygens (including phenoxy) is 1. The molecule has 1 aromatic rings. The van der Waals surface area contributed by atoms with Gasteiger partial charge in [-0.15, -0.1) is 0 Å². The topological polar surface area (TPSA) is 58.9 Å². The molecule has 4 nitrogen and oxygen atoms in total. The Balaban J connectivity index is 2.03. The van der Waals surface area contributed by atoms with E-state index in [1.165, 1.54) is 12.1 Å². The van der Waals surface area contributed by atoms with E-state index < -0.39 is 5.97 Å². The summed E-state index contributed by atoms with van der Waals surface area (Å²) in [6, 6.07) is 5.96. The molecule has 0 aliphatic carbocycles. The minimum atomic E-state index is -0.884. The van der Waals surface area contributed by atoms with Gasteiger partial charge in [0, 0.05) is 6.42 Å². The molecule has 0 spiro atoms. The van der Waals surface area contributed by atoms with Gasteiger partial charge in [0.1, 0.15) is 18.5 Å². The molecule has 1 atom stereocenters. The van der Waals surface area contributed by atoms with Crippen molar-refractivity contribution < 1.29 is 19.0 Å². The average molecular weight is 237 g/mol.